The number of sulfonamides is 1. The second-order valence-electron chi connectivity index (χ2n) is 5.90. The summed E-state index contributed by atoms with van der Waals surface area (Å²) >= 11 is 1.49. The van der Waals surface area contributed by atoms with Gasteiger partial charge in [-0.05, 0) is 29.9 Å². The van der Waals surface area contributed by atoms with Crippen LogP contribution in [0.25, 0.3) is 10.6 Å². The van der Waals surface area contributed by atoms with Crippen molar-refractivity contribution in [1.29, 1.82) is 0 Å². The molecule has 0 amide bonds. The fraction of sp³-hybridized carbons (Fsp3) is 0.235. The molecule has 2 aromatic heterocycles. The number of nitrogens with one attached hydrogen (secondary N) is 1. The lowest BCUT2D eigenvalue weighted by molar-refractivity contribution is 0.581. The van der Waals surface area contributed by atoms with Crippen LogP contribution in [0.2, 0.25) is 0 Å². The van der Waals surface area contributed by atoms with E-state index in [9.17, 15) is 8.42 Å². The molecule has 0 aliphatic heterocycles. The van der Waals surface area contributed by atoms with Crippen LogP contribution in [0.3, 0.4) is 0 Å². The average molecular weight is 359 g/mol. The first-order valence-electron chi connectivity index (χ1n) is 7.79. The van der Waals surface area contributed by atoms with Crippen molar-refractivity contribution in [2.45, 2.75) is 30.3 Å². The van der Waals surface area contributed by atoms with Gasteiger partial charge >= 0.3 is 0 Å². The molecule has 2 heterocycles. The molecule has 1 aliphatic carbocycles. The second-order valence-corrected chi connectivity index (χ2v) is 8.53. The second kappa shape index (κ2) is 6.16. The first kappa shape index (κ1) is 15.6. The van der Waals surface area contributed by atoms with Gasteiger partial charge in [0.2, 0.25) is 10.0 Å². The standard InChI is InChI=1S/C17H17N3O2S2/c21-24(22,19-14-8-9-14)16-12-20(11-13-5-2-1-3-6-13)18-17(16)15-7-4-10-23-15/h1-7,10,12,14,19H,8-9,11H2. The maximum atomic E-state index is 12.7. The SMILES string of the molecule is O=S(=O)(NC1CC1)c1cn(Cc2ccccc2)nc1-c1cccs1. The van der Waals surface area contributed by atoms with Crippen LogP contribution >= 0.6 is 11.3 Å². The van der Waals surface area contributed by atoms with Gasteiger partial charge in [0.05, 0.1) is 11.4 Å². The molecule has 1 aliphatic rings. The van der Waals surface area contributed by atoms with Crippen LogP contribution < -0.4 is 4.72 Å². The smallest absolute Gasteiger partial charge is 0.244 e. The summed E-state index contributed by atoms with van der Waals surface area (Å²) in [5.41, 5.74) is 1.60. The number of thiophene rings is 1. The minimum atomic E-state index is -3.55. The Labute approximate surface area is 145 Å². The Bertz CT molecular complexity index is 928. The van der Waals surface area contributed by atoms with Crippen molar-refractivity contribution in [2.24, 2.45) is 0 Å². The molecule has 0 spiro atoms. The summed E-state index contributed by atoms with van der Waals surface area (Å²) in [7, 11) is -3.55. The molecular formula is C17H17N3O2S2. The van der Waals surface area contributed by atoms with E-state index in [4.69, 9.17) is 0 Å². The lowest BCUT2D eigenvalue weighted by Gasteiger charge is -2.04. The summed E-state index contributed by atoms with van der Waals surface area (Å²) < 4.78 is 29.9. The molecule has 3 aromatic rings. The monoisotopic (exact) mass is 359 g/mol. The summed E-state index contributed by atoms with van der Waals surface area (Å²) in [5, 5.41) is 6.48. The largest absolute Gasteiger partial charge is 0.266 e. The van der Waals surface area contributed by atoms with Gasteiger partial charge in [0, 0.05) is 12.2 Å². The van der Waals surface area contributed by atoms with Gasteiger partial charge in [-0.15, -0.1) is 11.3 Å². The first-order chi connectivity index (χ1) is 11.6. The van der Waals surface area contributed by atoms with Gasteiger partial charge in [-0.2, -0.15) is 5.10 Å². The van der Waals surface area contributed by atoms with E-state index in [-0.39, 0.29) is 10.9 Å². The molecule has 0 saturated heterocycles. The fourth-order valence-electron chi connectivity index (χ4n) is 2.52. The molecule has 0 radical (unpaired) electrons. The zero-order valence-electron chi connectivity index (χ0n) is 12.9. The summed E-state index contributed by atoms with van der Waals surface area (Å²) in [6.07, 6.45) is 3.45. The Kier molecular flexibility index (Phi) is 3.99. The summed E-state index contributed by atoms with van der Waals surface area (Å²) in [4.78, 5) is 1.12. The predicted molar refractivity (Wildman–Crippen MR) is 94.4 cm³/mol. The van der Waals surface area contributed by atoms with E-state index in [0.29, 0.717) is 12.2 Å². The topological polar surface area (TPSA) is 64.0 Å². The number of rotatable bonds is 6. The van der Waals surface area contributed by atoms with Crippen molar-refractivity contribution < 1.29 is 8.42 Å². The highest BCUT2D eigenvalue weighted by atomic mass is 32.2. The van der Waals surface area contributed by atoms with Crippen LogP contribution in [0.4, 0.5) is 0 Å². The average Bonchev–Trinajstić information content (AvgIpc) is 3.04. The van der Waals surface area contributed by atoms with Crippen LogP contribution in [-0.4, -0.2) is 24.2 Å². The van der Waals surface area contributed by atoms with Crippen molar-refractivity contribution in [3.05, 3.63) is 59.6 Å². The molecule has 1 N–H and O–H groups in total. The summed E-state index contributed by atoms with van der Waals surface area (Å²) in [6.45, 7) is 0.540. The Morgan fingerprint density at radius 3 is 2.62 bits per heavy atom. The van der Waals surface area contributed by atoms with E-state index in [2.05, 4.69) is 9.82 Å². The van der Waals surface area contributed by atoms with Crippen LogP contribution in [0.5, 0.6) is 0 Å². The number of benzene rings is 1. The summed E-state index contributed by atoms with van der Waals surface area (Å²) in [5.74, 6) is 0. The van der Waals surface area contributed by atoms with Gasteiger partial charge < -0.3 is 0 Å². The molecule has 124 valence electrons. The zero-order chi connectivity index (χ0) is 16.6. The van der Waals surface area contributed by atoms with Crippen LogP contribution in [-0.2, 0) is 16.6 Å². The predicted octanol–water partition coefficient (Wildman–Crippen LogP) is 3.10. The van der Waals surface area contributed by atoms with Gasteiger partial charge in [0.15, 0.2) is 0 Å². The molecular weight excluding hydrogens is 342 g/mol. The van der Waals surface area contributed by atoms with E-state index >= 15 is 0 Å². The molecule has 0 bridgehead atoms. The van der Waals surface area contributed by atoms with Crippen molar-refractivity contribution in [3.8, 4) is 10.6 Å². The van der Waals surface area contributed by atoms with E-state index in [1.807, 2.05) is 47.8 Å². The zero-order valence-corrected chi connectivity index (χ0v) is 14.6. The van der Waals surface area contributed by atoms with E-state index in [1.54, 1.807) is 10.9 Å². The van der Waals surface area contributed by atoms with Crippen LogP contribution in [0.1, 0.15) is 18.4 Å². The highest BCUT2D eigenvalue weighted by molar-refractivity contribution is 7.89. The van der Waals surface area contributed by atoms with Crippen LogP contribution in [0.15, 0.2) is 58.9 Å². The molecule has 24 heavy (non-hydrogen) atoms. The lowest BCUT2D eigenvalue weighted by Crippen LogP contribution is -2.25. The van der Waals surface area contributed by atoms with Gasteiger partial charge in [0.25, 0.3) is 0 Å². The molecule has 4 rings (SSSR count). The number of nitrogens with zero attached hydrogens (tertiary/aromatic N) is 2. The molecule has 7 heteroatoms. The van der Waals surface area contributed by atoms with Crippen LogP contribution in [0, 0.1) is 0 Å². The van der Waals surface area contributed by atoms with Crippen molar-refractivity contribution in [3.63, 3.8) is 0 Å². The van der Waals surface area contributed by atoms with Crippen molar-refractivity contribution >= 4 is 21.4 Å². The van der Waals surface area contributed by atoms with Gasteiger partial charge in [-0.25, -0.2) is 13.1 Å². The number of hydrogen-bond acceptors (Lipinski definition) is 4. The molecule has 1 aromatic carbocycles. The molecule has 0 atom stereocenters. The molecule has 1 fully saturated rings. The number of hydrogen-bond donors (Lipinski definition) is 1. The summed E-state index contributed by atoms with van der Waals surface area (Å²) in [6, 6.07) is 13.8. The first-order valence-corrected chi connectivity index (χ1v) is 10.2. The van der Waals surface area contributed by atoms with E-state index < -0.39 is 10.0 Å². The maximum absolute atomic E-state index is 12.7. The van der Waals surface area contributed by atoms with E-state index in [0.717, 1.165) is 23.3 Å². The highest BCUT2D eigenvalue weighted by Gasteiger charge is 2.31. The third-order valence-electron chi connectivity index (χ3n) is 3.86. The minimum absolute atomic E-state index is 0.0728. The van der Waals surface area contributed by atoms with Gasteiger partial charge in [-0.3, -0.25) is 4.68 Å². The Morgan fingerprint density at radius 1 is 1.17 bits per heavy atom. The van der Waals surface area contributed by atoms with Crippen molar-refractivity contribution in [1.82, 2.24) is 14.5 Å². The molecule has 0 unspecified atom stereocenters. The molecule has 5 nitrogen and oxygen atoms in total. The quantitative estimate of drug-likeness (QED) is 0.735. The van der Waals surface area contributed by atoms with Gasteiger partial charge in [-0.1, -0.05) is 36.4 Å². The Hall–Kier alpha value is -1.96. The highest BCUT2D eigenvalue weighted by Crippen LogP contribution is 2.31. The minimum Gasteiger partial charge on any atom is -0.266 e. The number of aromatic nitrogens is 2. The van der Waals surface area contributed by atoms with Gasteiger partial charge in [0.1, 0.15) is 10.6 Å². The Balaban J connectivity index is 1.73. The van der Waals surface area contributed by atoms with Crippen molar-refractivity contribution in [2.75, 3.05) is 0 Å². The van der Waals surface area contributed by atoms with E-state index in [1.165, 1.54) is 11.3 Å². The lowest BCUT2D eigenvalue weighted by atomic mass is 10.2. The normalized spacial score (nSPS) is 14.8. The third kappa shape index (κ3) is 3.28. The molecule has 1 saturated carbocycles. The third-order valence-corrected chi connectivity index (χ3v) is 6.26. The Morgan fingerprint density at radius 2 is 1.96 bits per heavy atom. The fourth-order valence-corrected chi connectivity index (χ4v) is 4.77. The maximum Gasteiger partial charge on any atom is 0.244 e.